The molecule has 0 N–H and O–H groups in total. The van der Waals surface area contributed by atoms with Crippen LogP contribution in [-0.2, 0) is 0 Å². The number of halogens is 1. The molecule has 0 saturated heterocycles. The van der Waals surface area contributed by atoms with Crippen molar-refractivity contribution < 1.29 is 14.3 Å². The molecule has 0 unspecified atom stereocenters. The Morgan fingerprint density at radius 2 is 1.76 bits per heavy atom. The van der Waals surface area contributed by atoms with Crippen LogP contribution in [0.2, 0.25) is 5.02 Å². The predicted molar refractivity (Wildman–Crippen MR) is 82.2 cm³/mol. The van der Waals surface area contributed by atoms with E-state index >= 15 is 0 Å². The molecule has 0 aliphatic carbocycles. The summed E-state index contributed by atoms with van der Waals surface area (Å²) in [5.41, 5.74) is 1.12. The molecule has 106 valence electrons. The van der Waals surface area contributed by atoms with E-state index < -0.39 is 0 Å². The summed E-state index contributed by atoms with van der Waals surface area (Å²) in [4.78, 5) is 12.1. The van der Waals surface area contributed by atoms with Crippen molar-refractivity contribution in [2.24, 2.45) is 0 Å². The minimum atomic E-state index is -0.315. The Morgan fingerprint density at radius 3 is 2.38 bits per heavy atom. The fraction of sp³-hybridized carbons (Fsp3) is 0.118. The Bertz CT molecular complexity index is 709. The topological polar surface area (TPSA) is 35.5 Å². The highest BCUT2D eigenvalue weighted by Crippen LogP contribution is 2.24. The zero-order chi connectivity index (χ0) is 15.2. The van der Waals surface area contributed by atoms with Crippen molar-refractivity contribution in [3.05, 3.63) is 58.6 Å². The summed E-state index contributed by atoms with van der Waals surface area (Å²) in [7, 11) is 3.05. The second kappa shape index (κ2) is 6.83. The third-order valence-electron chi connectivity index (χ3n) is 2.82. The predicted octanol–water partition coefficient (Wildman–Crippen LogP) is 3.59. The number of carbonyl (C=O) groups excluding carboxylic acids is 1. The van der Waals surface area contributed by atoms with Crippen LogP contribution in [0.5, 0.6) is 11.5 Å². The van der Waals surface area contributed by atoms with E-state index in [9.17, 15) is 4.79 Å². The number of Topliss-reactive ketones (excluding diaryl/α,β-unsaturated/α-hetero) is 1. The Balaban J connectivity index is 2.27. The molecule has 0 aliphatic rings. The van der Waals surface area contributed by atoms with Crippen molar-refractivity contribution in [2.45, 2.75) is 0 Å². The van der Waals surface area contributed by atoms with E-state index in [4.69, 9.17) is 21.1 Å². The van der Waals surface area contributed by atoms with Crippen LogP contribution in [-0.4, -0.2) is 20.0 Å². The first-order valence-corrected chi connectivity index (χ1v) is 6.56. The van der Waals surface area contributed by atoms with Crippen LogP contribution in [0.4, 0.5) is 0 Å². The van der Waals surface area contributed by atoms with Crippen LogP contribution in [0, 0.1) is 11.8 Å². The molecular formula is C17H13ClO3. The fourth-order valence-electron chi connectivity index (χ4n) is 1.72. The minimum Gasteiger partial charge on any atom is -0.497 e. The Labute approximate surface area is 128 Å². The molecule has 21 heavy (non-hydrogen) atoms. The molecule has 2 rings (SSSR count). The Kier molecular flexibility index (Phi) is 4.86. The van der Waals surface area contributed by atoms with Gasteiger partial charge < -0.3 is 9.47 Å². The fourth-order valence-corrected chi connectivity index (χ4v) is 1.84. The molecule has 0 radical (unpaired) electrons. The molecule has 0 saturated carbocycles. The number of rotatable bonds is 3. The molecule has 0 aromatic heterocycles. The average molecular weight is 301 g/mol. The summed E-state index contributed by atoms with van der Waals surface area (Å²) in [6, 6.07) is 11.9. The molecule has 0 amide bonds. The third kappa shape index (κ3) is 3.77. The van der Waals surface area contributed by atoms with Crippen molar-refractivity contribution in [3.63, 3.8) is 0 Å². The van der Waals surface area contributed by atoms with Crippen molar-refractivity contribution >= 4 is 17.4 Å². The highest BCUT2D eigenvalue weighted by molar-refractivity contribution is 6.30. The first kappa shape index (κ1) is 15.0. The summed E-state index contributed by atoms with van der Waals surface area (Å²) in [6.45, 7) is 0. The summed E-state index contributed by atoms with van der Waals surface area (Å²) in [5, 5.41) is 0.628. The van der Waals surface area contributed by atoms with Crippen LogP contribution in [0.3, 0.4) is 0 Å². The van der Waals surface area contributed by atoms with Crippen LogP contribution in [0.25, 0.3) is 0 Å². The van der Waals surface area contributed by atoms with E-state index in [0.29, 0.717) is 22.1 Å². The smallest absolute Gasteiger partial charge is 0.239 e. The van der Waals surface area contributed by atoms with Crippen molar-refractivity contribution in [2.75, 3.05) is 14.2 Å². The first-order chi connectivity index (χ1) is 10.1. The maximum absolute atomic E-state index is 12.1. The standard InChI is InChI=1S/C17H13ClO3/c1-20-14-8-9-15(17(11-14)21-2)16(19)10-5-12-3-6-13(18)7-4-12/h3-4,6-9,11H,1-2H3. The average Bonchev–Trinajstić information content (AvgIpc) is 2.53. The quantitative estimate of drug-likeness (QED) is 0.642. The van der Waals surface area contributed by atoms with Gasteiger partial charge in [-0.3, -0.25) is 4.79 Å². The number of hydrogen-bond donors (Lipinski definition) is 0. The Morgan fingerprint density at radius 1 is 1.05 bits per heavy atom. The zero-order valence-electron chi connectivity index (χ0n) is 11.6. The van der Waals surface area contributed by atoms with Gasteiger partial charge in [-0.2, -0.15) is 0 Å². The van der Waals surface area contributed by atoms with Gasteiger partial charge in [-0.15, -0.1) is 0 Å². The molecule has 0 fully saturated rings. The lowest BCUT2D eigenvalue weighted by atomic mass is 10.1. The summed E-state index contributed by atoms with van der Waals surface area (Å²) in [5.74, 6) is 6.14. The van der Waals surface area contributed by atoms with Gasteiger partial charge in [-0.1, -0.05) is 17.5 Å². The summed E-state index contributed by atoms with van der Waals surface area (Å²) >= 11 is 5.79. The molecule has 0 aliphatic heterocycles. The van der Waals surface area contributed by atoms with Gasteiger partial charge in [0, 0.05) is 16.7 Å². The highest BCUT2D eigenvalue weighted by Gasteiger charge is 2.11. The lowest BCUT2D eigenvalue weighted by Gasteiger charge is -2.07. The first-order valence-electron chi connectivity index (χ1n) is 6.18. The number of carbonyl (C=O) groups is 1. The van der Waals surface area contributed by atoms with Crippen molar-refractivity contribution in [1.82, 2.24) is 0 Å². The summed E-state index contributed by atoms with van der Waals surface area (Å²) < 4.78 is 10.3. The van der Waals surface area contributed by atoms with E-state index in [1.165, 1.54) is 7.11 Å². The SMILES string of the molecule is COc1ccc(C(=O)C#Cc2ccc(Cl)cc2)c(OC)c1. The molecule has 0 heterocycles. The third-order valence-corrected chi connectivity index (χ3v) is 3.07. The van der Waals surface area contributed by atoms with E-state index in [1.807, 2.05) is 0 Å². The monoisotopic (exact) mass is 300 g/mol. The van der Waals surface area contributed by atoms with E-state index in [0.717, 1.165) is 5.56 Å². The number of hydrogen-bond acceptors (Lipinski definition) is 3. The molecule has 0 atom stereocenters. The van der Waals surface area contributed by atoms with Crippen LogP contribution >= 0.6 is 11.6 Å². The molecule has 0 bridgehead atoms. The molecule has 2 aromatic rings. The minimum absolute atomic E-state index is 0.315. The van der Waals surface area contributed by atoms with Crippen LogP contribution in [0.15, 0.2) is 42.5 Å². The zero-order valence-corrected chi connectivity index (χ0v) is 12.4. The molecule has 4 heteroatoms. The highest BCUT2D eigenvalue weighted by atomic mass is 35.5. The van der Waals surface area contributed by atoms with Gasteiger partial charge in [0.1, 0.15) is 11.5 Å². The lowest BCUT2D eigenvalue weighted by Crippen LogP contribution is -2.00. The van der Waals surface area contributed by atoms with E-state index in [-0.39, 0.29) is 5.78 Å². The Hall–Kier alpha value is -2.44. The van der Waals surface area contributed by atoms with Gasteiger partial charge in [-0.05, 0) is 42.3 Å². The van der Waals surface area contributed by atoms with Crippen molar-refractivity contribution in [1.29, 1.82) is 0 Å². The van der Waals surface area contributed by atoms with Gasteiger partial charge in [0.05, 0.1) is 19.8 Å². The second-order valence-electron chi connectivity index (χ2n) is 4.15. The number of methoxy groups -OCH3 is 2. The number of ether oxygens (including phenoxy) is 2. The van der Waals surface area contributed by atoms with E-state index in [2.05, 4.69) is 11.8 Å². The largest absolute Gasteiger partial charge is 0.497 e. The van der Waals surface area contributed by atoms with Gasteiger partial charge >= 0.3 is 0 Å². The number of benzene rings is 2. The molecule has 3 nitrogen and oxygen atoms in total. The molecular weight excluding hydrogens is 288 g/mol. The van der Waals surface area contributed by atoms with E-state index in [1.54, 1.807) is 49.6 Å². The summed E-state index contributed by atoms with van der Waals surface area (Å²) in [6.07, 6.45) is 0. The molecule has 0 spiro atoms. The normalized spacial score (nSPS) is 9.48. The van der Waals surface area contributed by atoms with Crippen LogP contribution < -0.4 is 9.47 Å². The maximum Gasteiger partial charge on any atom is 0.239 e. The maximum atomic E-state index is 12.1. The van der Waals surface area contributed by atoms with Gasteiger partial charge in [0.15, 0.2) is 0 Å². The molecule has 2 aromatic carbocycles. The number of ketones is 1. The van der Waals surface area contributed by atoms with Gasteiger partial charge in [-0.25, -0.2) is 0 Å². The van der Waals surface area contributed by atoms with Crippen LogP contribution in [0.1, 0.15) is 15.9 Å². The van der Waals surface area contributed by atoms with Gasteiger partial charge in [0.25, 0.3) is 0 Å². The lowest BCUT2D eigenvalue weighted by molar-refractivity contribution is 0.105. The van der Waals surface area contributed by atoms with Gasteiger partial charge in [0.2, 0.25) is 5.78 Å². The van der Waals surface area contributed by atoms with Crippen molar-refractivity contribution in [3.8, 4) is 23.3 Å². The second-order valence-corrected chi connectivity index (χ2v) is 4.59.